The van der Waals surface area contributed by atoms with E-state index in [0.717, 1.165) is 49.1 Å². The van der Waals surface area contributed by atoms with Crippen LogP contribution in [0.2, 0.25) is 0 Å². The monoisotopic (exact) mass is 409 g/mol. The van der Waals surface area contributed by atoms with Crippen LogP contribution in [-0.2, 0) is 11.2 Å². The molecule has 3 atom stereocenters. The number of H-pyrrole nitrogens is 1. The van der Waals surface area contributed by atoms with E-state index in [0.29, 0.717) is 23.7 Å². The highest BCUT2D eigenvalue weighted by atomic mass is 16.1. The molecule has 4 heteroatoms. The van der Waals surface area contributed by atoms with Gasteiger partial charge in [0.2, 0.25) is 5.91 Å². The van der Waals surface area contributed by atoms with Crippen molar-refractivity contribution in [3.05, 3.63) is 41.2 Å². The maximum absolute atomic E-state index is 12.5. The minimum absolute atomic E-state index is 0.139. The van der Waals surface area contributed by atoms with E-state index in [2.05, 4.69) is 76.1 Å². The summed E-state index contributed by atoms with van der Waals surface area (Å²) in [5.74, 6) is 3.52. The molecule has 3 rings (SSSR count). The van der Waals surface area contributed by atoms with E-state index < -0.39 is 0 Å². The number of amides is 1. The number of fused-ring (bicyclic) bond motifs is 1. The van der Waals surface area contributed by atoms with Gasteiger partial charge in [0.25, 0.3) is 0 Å². The van der Waals surface area contributed by atoms with Gasteiger partial charge in [0, 0.05) is 18.9 Å². The van der Waals surface area contributed by atoms with Gasteiger partial charge in [-0.2, -0.15) is 0 Å². The van der Waals surface area contributed by atoms with Crippen molar-refractivity contribution in [3.63, 3.8) is 0 Å². The third-order valence-electron chi connectivity index (χ3n) is 7.16. The van der Waals surface area contributed by atoms with Crippen molar-refractivity contribution in [1.29, 1.82) is 0 Å². The smallest absolute Gasteiger partial charge is 0.223 e. The first-order chi connectivity index (χ1) is 14.3. The molecule has 1 aromatic heterocycles. The molecule has 0 saturated carbocycles. The lowest BCUT2D eigenvalue weighted by atomic mass is 9.69. The number of allylic oxidation sites excluding steroid dienone is 1. The fourth-order valence-electron chi connectivity index (χ4n) is 5.09. The quantitative estimate of drug-likeness (QED) is 0.540. The lowest BCUT2D eigenvalue weighted by molar-refractivity contribution is -0.125. The molecule has 2 aromatic rings. The SMILES string of the molecule is CCC(CC)C(=O)NCC1C=C(C)C(Cc2nc3c(C)cccc3[nH]2)CC1C(C)C. The highest BCUT2D eigenvalue weighted by Crippen LogP contribution is 2.38. The number of para-hydroxylation sites is 1. The van der Waals surface area contributed by atoms with Gasteiger partial charge in [0.05, 0.1) is 11.0 Å². The number of aromatic nitrogens is 2. The molecular formula is C26H39N3O. The van der Waals surface area contributed by atoms with Crippen LogP contribution >= 0.6 is 0 Å². The van der Waals surface area contributed by atoms with Gasteiger partial charge >= 0.3 is 0 Å². The third-order valence-corrected chi connectivity index (χ3v) is 7.16. The minimum atomic E-state index is 0.139. The molecule has 164 valence electrons. The number of hydrogen-bond acceptors (Lipinski definition) is 2. The summed E-state index contributed by atoms with van der Waals surface area (Å²) in [7, 11) is 0. The highest BCUT2D eigenvalue weighted by molar-refractivity contribution is 5.79. The van der Waals surface area contributed by atoms with Crippen molar-refractivity contribution in [1.82, 2.24) is 15.3 Å². The first-order valence-electron chi connectivity index (χ1n) is 11.7. The standard InChI is InChI=1S/C26H39N3O/c1-7-19(8-2)26(30)27-15-21-12-18(6)20(13-22(21)16(3)4)14-24-28-23-11-9-10-17(5)25(23)29-24/h9-12,16,19-22H,7-8,13-15H2,1-6H3,(H,27,30)(H,28,29). The Balaban J connectivity index is 1.72. The van der Waals surface area contributed by atoms with Gasteiger partial charge in [-0.15, -0.1) is 0 Å². The number of hydrogen-bond donors (Lipinski definition) is 2. The average Bonchev–Trinajstić information content (AvgIpc) is 3.12. The highest BCUT2D eigenvalue weighted by Gasteiger charge is 2.32. The lowest BCUT2D eigenvalue weighted by Gasteiger charge is -2.37. The number of nitrogens with one attached hydrogen (secondary N) is 2. The summed E-state index contributed by atoms with van der Waals surface area (Å²) < 4.78 is 0. The summed E-state index contributed by atoms with van der Waals surface area (Å²) >= 11 is 0. The Morgan fingerprint density at radius 1 is 1.23 bits per heavy atom. The van der Waals surface area contributed by atoms with Crippen molar-refractivity contribution in [2.75, 3.05) is 6.54 Å². The molecule has 0 fully saturated rings. The molecule has 0 bridgehead atoms. The van der Waals surface area contributed by atoms with Crippen molar-refractivity contribution < 1.29 is 4.79 Å². The summed E-state index contributed by atoms with van der Waals surface area (Å²) in [4.78, 5) is 20.9. The maximum atomic E-state index is 12.5. The average molecular weight is 410 g/mol. The molecule has 4 nitrogen and oxygen atoms in total. The molecule has 30 heavy (non-hydrogen) atoms. The summed E-state index contributed by atoms with van der Waals surface area (Å²) in [6.45, 7) is 14.0. The summed E-state index contributed by atoms with van der Waals surface area (Å²) in [6.07, 6.45) is 6.36. The van der Waals surface area contributed by atoms with E-state index in [1.54, 1.807) is 0 Å². The Morgan fingerprint density at radius 2 is 1.97 bits per heavy atom. The Bertz CT molecular complexity index is 891. The summed E-state index contributed by atoms with van der Waals surface area (Å²) in [6, 6.07) is 6.31. The summed E-state index contributed by atoms with van der Waals surface area (Å²) in [5, 5.41) is 3.25. The van der Waals surface area contributed by atoms with Crippen LogP contribution in [0.1, 0.15) is 65.3 Å². The molecule has 0 saturated heterocycles. The molecule has 3 unspecified atom stereocenters. The van der Waals surface area contributed by atoms with Crippen LogP contribution < -0.4 is 5.32 Å². The minimum Gasteiger partial charge on any atom is -0.355 e. The molecule has 0 radical (unpaired) electrons. The van der Waals surface area contributed by atoms with Gasteiger partial charge in [-0.25, -0.2) is 4.98 Å². The maximum Gasteiger partial charge on any atom is 0.223 e. The van der Waals surface area contributed by atoms with Crippen LogP contribution in [0.25, 0.3) is 11.0 Å². The zero-order valence-corrected chi connectivity index (χ0v) is 19.6. The van der Waals surface area contributed by atoms with Gasteiger partial charge in [-0.05, 0) is 68.4 Å². The van der Waals surface area contributed by atoms with Gasteiger partial charge in [0.1, 0.15) is 5.82 Å². The lowest BCUT2D eigenvalue weighted by Crippen LogP contribution is -2.39. The predicted molar refractivity (Wildman–Crippen MR) is 125 cm³/mol. The van der Waals surface area contributed by atoms with Crippen molar-refractivity contribution in [2.45, 2.75) is 67.2 Å². The normalized spacial score (nSPS) is 22.0. The van der Waals surface area contributed by atoms with Gasteiger partial charge in [-0.3, -0.25) is 4.79 Å². The van der Waals surface area contributed by atoms with E-state index in [4.69, 9.17) is 4.98 Å². The fourth-order valence-corrected chi connectivity index (χ4v) is 5.09. The Hall–Kier alpha value is -2.10. The van der Waals surface area contributed by atoms with E-state index in [9.17, 15) is 4.79 Å². The number of imidazole rings is 1. The molecule has 1 aliphatic rings. The van der Waals surface area contributed by atoms with Crippen LogP contribution in [0, 0.1) is 36.5 Å². The van der Waals surface area contributed by atoms with E-state index in [1.807, 2.05) is 0 Å². The topological polar surface area (TPSA) is 57.8 Å². The second-order valence-electron chi connectivity index (χ2n) is 9.53. The van der Waals surface area contributed by atoms with E-state index in [1.165, 1.54) is 11.1 Å². The van der Waals surface area contributed by atoms with Crippen molar-refractivity contribution >= 4 is 16.9 Å². The predicted octanol–water partition coefficient (Wildman–Crippen LogP) is 5.82. The van der Waals surface area contributed by atoms with E-state index in [-0.39, 0.29) is 11.8 Å². The summed E-state index contributed by atoms with van der Waals surface area (Å²) in [5.41, 5.74) is 4.88. The number of rotatable bonds is 8. The number of carbonyl (C=O) groups excluding carboxylic acids is 1. The zero-order valence-electron chi connectivity index (χ0n) is 19.6. The van der Waals surface area contributed by atoms with Gasteiger partial charge in [-0.1, -0.05) is 51.5 Å². The molecule has 1 amide bonds. The number of aryl methyl sites for hydroxylation is 1. The number of nitrogens with zero attached hydrogens (tertiary/aromatic N) is 1. The van der Waals surface area contributed by atoms with Crippen LogP contribution in [-0.4, -0.2) is 22.4 Å². The Morgan fingerprint density at radius 3 is 2.60 bits per heavy atom. The zero-order chi connectivity index (χ0) is 21.8. The van der Waals surface area contributed by atoms with Crippen LogP contribution in [0.5, 0.6) is 0 Å². The molecule has 1 aromatic carbocycles. The second kappa shape index (κ2) is 9.80. The molecule has 1 aliphatic carbocycles. The van der Waals surface area contributed by atoms with Crippen LogP contribution in [0.3, 0.4) is 0 Å². The van der Waals surface area contributed by atoms with Crippen LogP contribution in [0.4, 0.5) is 0 Å². The molecule has 1 heterocycles. The molecule has 0 spiro atoms. The second-order valence-corrected chi connectivity index (χ2v) is 9.53. The molecular weight excluding hydrogens is 370 g/mol. The first kappa shape index (κ1) is 22.6. The Labute approximate surface area is 181 Å². The van der Waals surface area contributed by atoms with Crippen molar-refractivity contribution in [2.24, 2.45) is 29.6 Å². The van der Waals surface area contributed by atoms with Crippen molar-refractivity contribution in [3.8, 4) is 0 Å². The fraction of sp³-hybridized carbons (Fsp3) is 0.615. The number of benzene rings is 1. The largest absolute Gasteiger partial charge is 0.355 e. The van der Waals surface area contributed by atoms with Crippen LogP contribution in [0.15, 0.2) is 29.8 Å². The number of carbonyl (C=O) groups is 1. The van der Waals surface area contributed by atoms with E-state index >= 15 is 0 Å². The van der Waals surface area contributed by atoms with Gasteiger partial charge in [0.15, 0.2) is 0 Å². The third kappa shape index (κ3) is 4.96. The first-order valence-corrected chi connectivity index (χ1v) is 11.7. The van der Waals surface area contributed by atoms with Gasteiger partial charge < -0.3 is 10.3 Å². The molecule has 2 N–H and O–H groups in total. The molecule has 0 aliphatic heterocycles. The number of aromatic amines is 1. The Kier molecular flexibility index (Phi) is 7.38.